The van der Waals surface area contributed by atoms with Crippen LogP contribution in [0.2, 0.25) is 0 Å². The normalized spacial score (nSPS) is 13.4. The van der Waals surface area contributed by atoms with Crippen LogP contribution in [0.3, 0.4) is 0 Å². The predicted molar refractivity (Wildman–Crippen MR) is 116 cm³/mol. The summed E-state index contributed by atoms with van der Waals surface area (Å²) in [5, 5.41) is 4.25. The van der Waals surface area contributed by atoms with Crippen molar-refractivity contribution in [1.82, 2.24) is 15.3 Å². The third-order valence-corrected chi connectivity index (χ3v) is 5.56. The van der Waals surface area contributed by atoms with Crippen LogP contribution < -0.4 is 5.43 Å². The van der Waals surface area contributed by atoms with Gasteiger partial charge in [-0.2, -0.15) is 11.3 Å². The molecule has 0 radical (unpaired) electrons. The third kappa shape index (κ3) is 5.91. The van der Waals surface area contributed by atoms with Crippen molar-refractivity contribution in [3.05, 3.63) is 57.8 Å². The molecule has 1 N–H and O–H groups in total. The van der Waals surface area contributed by atoms with E-state index in [0.717, 1.165) is 37.4 Å². The average Bonchev–Trinajstić information content (AvgIpc) is 3.34. The second kappa shape index (κ2) is 10.7. The molecule has 9 heteroatoms. The Hall–Kier alpha value is -3.20. The lowest BCUT2D eigenvalue weighted by atomic mass is 10.1. The summed E-state index contributed by atoms with van der Waals surface area (Å²) < 4.78 is 4.85. The number of carbonyl (C=O) groups is 4. The van der Waals surface area contributed by atoms with E-state index in [1.54, 1.807) is 41.1 Å². The monoisotopic (exact) mass is 443 g/mol. The molecule has 0 saturated carbocycles. The molecular weight excluding hydrogens is 418 g/mol. The van der Waals surface area contributed by atoms with Gasteiger partial charge in [0.25, 0.3) is 11.8 Å². The van der Waals surface area contributed by atoms with Gasteiger partial charge in [-0.3, -0.25) is 15.0 Å². The average molecular weight is 444 g/mol. The van der Waals surface area contributed by atoms with E-state index in [0.29, 0.717) is 12.0 Å². The van der Waals surface area contributed by atoms with Gasteiger partial charge in [-0.1, -0.05) is 6.92 Å². The molecule has 1 fully saturated rings. The first kappa shape index (κ1) is 22.5. The smallest absolute Gasteiger partial charge is 0.371 e. The third-order valence-electron chi connectivity index (χ3n) is 4.88. The fourth-order valence-electron chi connectivity index (χ4n) is 3.22. The number of benzene rings is 1. The molecule has 0 bridgehead atoms. The zero-order valence-electron chi connectivity index (χ0n) is 17.3. The first-order chi connectivity index (χ1) is 15.0. The summed E-state index contributed by atoms with van der Waals surface area (Å²) in [6.07, 6.45) is 2.74. The quantitative estimate of drug-likeness (QED) is 0.432. The first-order valence-electron chi connectivity index (χ1n) is 10.3. The Morgan fingerprint density at radius 3 is 2.29 bits per heavy atom. The predicted octanol–water partition coefficient (Wildman–Crippen LogP) is 3.71. The van der Waals surface area contributed by atoms with Crippen molar-refractivity contribution < 1.29 is 23.9 Å². The summed E-state index contributed by atoms with van der Waals surface area (Å²) in [5.41, 5.74) is 3.55. The Labute approximate surface area is 184 Å². The van der Waals surface area contributed by atoms with Gasteiger partial charge in [-0.15, -0.1) is 0 Å². The van der Waals surface area contributed by atoms with Crippen LogP contribution in [-0.4, -0.2) is 53.4 Å². The van der Waals surface area contributed by atoms with E-state index in [9.17, 15) is 19.2 Å². The molecule has 31 heavy (non-hydrogen) atoms. The number of ether oxygens (including phenoxy) is 1. The van der Waals surface area contributed by atoms with E-state index < -0.39 is 18.0 Å². The number of piperidine rings is 1. The Balaban J connectivity index is 1.61. The van der Waals surface area contributed by atoms with Crippen LogP contribution in [0.4, 0.5) is 4.79 Å². The molecule has 2 aromatic rings. The van der Waals surface area contributed by atoms with Gasteiger partial charge in [0.2, 0.25) is 0 Å². The van der Waals surface area contributed by atoms with Crippen LogP contribution in [0.5, 0.6) is 0 Å². The molecule has 1 saturated heterocycles. The van der Waals surface area contributed by atoms with Crippen molar-refractivity contribution in [2.45, 2.75) is 32.6 Å². The Kier molecular flexibility index (Phi) is 7.77. The highest BCUT2D eigenvalue weighted by Crippen LogP contribution is 2.14. The second-order valence-electron chi connectivity index (χ2n) is 7.19. The SMILES string of the molecule is CCCN(NC(=O)c1ccc(C(=O)N2CCCCC2)cc1)C(=O)OC(=O)c1ccsc1. The lowest BCUT2D eigenvalue weighted by Crippen LogP contribution is -2.47. The molecule has 3 amide bonds. The molecule has 2 heterocycles. The molecule has 1 aromatic carbocycles. The number of carbonyl (C=O) groups excluding carboxylic acids is 4. The summed E-state index contributed by atoms with van der Waals surface area (Å²) in [6.45, 7) is 3.50. The van der Waals surface area contributed by atoms with Crippen molar-refractivity contribution in [3.8, 4) is 0 Å². The lowest BCUT2D eigenvalue weighted by molar-refractivity contribution is 0.0463. The topological polar surface area (TPSA) is 96.0 Å². The van der Waals surface area contributed by atoms with E-state index in [4.69, 9.17) is 4.74 Å². The zero-order valence-corrected chi connectivity index (χ0v) is 18.2. The standard InChI is InChI=1S/C22H25N3O5S/c1-2-11-25(22(29)30-21(28)18-10-14-31-15-18)23-19(26)16-6-8-17(9-7-16)20(27)24-12-4-3-5-13-24/h6-10,14-15H,2-5,11-13H2,1H3,(H,23,26). The van der Waals surface area contributed by atoms with Crippen LogP contribution in [0.15, 0.2) is 41.1 Å². The highest BCUT2D eigenvalue weighted by atomic mass is 32.1. The molecule has 0 unspecified atom stereocenters. The number of hydrazine groups is 1. The minimum atomic E-state index is -0.955. The number of esters is 1. The summed E-state index contributed by atoms with van der Waals surface area (Å²) in [4.78, 5) is 51.3. The van der Waals surface area contributed by atoms with Gasteiger partial charge in [0.05, 0.1) is 5.56 Å². The number of nitrogens with zero attached hydrogens (tertiary/aromatic N) is 2. The number of hydrogen-bond donors (Lipinski definition) is 1. The molecule has 0 atom stereocenters. The van der Waals surface area contributed by atoms with Gasteiger partial charge in [0.15, 0.2) is 0 Å². The van der Waals surface area contributed by atoms with Gasteiger partial charge < -0.3 is 9.64 Å². The summed E-state index contributed by atoms with van der Waals surface area (Å²) in [7, 11) is 0. The van der Waals surface area contributed by atoms with Crippen LogP contribution in [-0.2, 0) is 4.74 Å². The van der Waals surface area contributed by atoms with Crippen molar-refractivity contribution in [3.63, 3.8) is 0 Å². The fourth-order valence-corrected chi connectivity index (χ4v) is 3.85. The highest BCUT2D eigenvalue weighted by Gasteiger charge is 2.23. The van der Waals surface area contributed by atoms with Gasteiger partial charge in [0, 0.05) is 36.1 Å². The van der Waals surface area contributed by atoms with Gasteiger partial charge in [-0.25, -0.2) is 14.6 Å². The first-order valence-corrected chi connectivity index (χ1v) is 11.2. The molecule has 8 nitrogen and oxygen atoms in total. The van der Waals surface area contributed by atoms with E-state index in [-0.39, 0.29) is 23.6 Å². The minimum absolute atomic E-state index is 0.0465. The van der Waals surface area contributed by atoms with E-state index >= 15 is 0 Å². The van der Waals surface area contributed by atoms with Gasteiger partial charge >= 0.3 is 12.1 Å². The molecule has 164 valence electrons. The highest BCUT2D eigenvalue weighted by molar-refractivity contribution is 7.08. The van der Waals surface area contributed by atoms with Crippen molar-refractivity contribution in [2.75, 3.05) is 19.6 Å². The summed E-state index contributed by atoms with van der Waals surface area (Å²) in [6, 6.07) is 7.84. The molecule has 0 spiro atoms. The van der Waals surface area contributed by atoms with Gasteiger partial charge in [0.1, 0.15) is 0 Å². The van der Waals surface area contributed by atoms with Gasteiger partial charge in [-0.05, 0) is 61.4 Å². The number of rotatable bonds is 5. The van der Waals surface area contributed by atoms with E-state index in [2.05, 4.69) is 5.43 Å². The maximum Gasteiger partial charge on any atom is 0.436 e. The van der Waals surface area contributed by atoms with E-state index in [1.165, 1.54) is 11.3 Å². The second-order valence-corrected chi connectivity index (χ2v) is 7.97. The van der Waals surface area contributed by atoms with E-state index in [1.807, 2.05) is 11.8 Å². The number of hydrogen-bond acceptors (Lipinski definition) is 6. The maximum absolute atomic E-state index is 12.6. The maximum atomic E-state index is 12.6. The van der Waals surface area contributed by atoms with Crippen molar-refractivity contribution >= 4 is 35.2 Å². The molecule has 1 aromatic heterocycles. The Bertz CT molecular complexity index is 921. The van der Waals surface area contributed by atoms with Crippen LogP contribution in [0, 0.1) is 0 Å². The number of nitrogens with one attached hydrogen (secondary N) is 1. The molecule has 1 aliphatic rings. The fraction of sp³-hybridized carbons (Fsp3) is 0.364. The van der Waals surface area contributed by atoms with Crippen LogP contribution in [0.1, 0.15) is 63.7 Å². The minimum Gasteiger partial charge on any atom is -0.371 e. The number of thiophene rings is 1. The van der Waals surface area contributed by atoms with Crippen molar-refractivity contribution in [2.24, 2.45) is 0 Å². The zero-order chi connectivity index (χ0) is 22.2. The summed E-state index contributed by atoms with van der Waals surface area (Å²) >= 11 is 1.31. The van der Waals surface area contributed by atoms with Crippen molar-refractivity contribution in [1.29, 1.82) is 0 Å². The van der Waals surface area contributed by atoms with Crippen LogP contribution >= 0.6 is 11.3 Å². The number of amides is 3. The molecule has 1 aliphatic heterocycles. The molecular formula is C22H25N3O5S. The summed E-state index contributed by atoms with van der Waals surface area (Å²) in [5.74, 6) is -1.36. The molecule has 3 rings (SSSR count). The van der Waals surface area contributed by atoms with Crippen LogP contribution in [0.25, 0.3) is 0 Å². The Morgan fingerprint density at radius 2 is 1.68 bits per heavy atom. The number of likely N-dealkylation sites (tertiary alicyclic amines) is 1. The lowest BCUT2D eigenvalue weighted by Gasteiger charge is -2.26. The molecule has 0 aliphatic carbocycles. The largest absolute Gasteiger partial charge is 0.436 e. The Morgan fingerprint density at radius 1 is 1.00 bits per heavy atom.